The minimum absolute atomic E-state index is 0.491. The highest BCUT2D eigenvalue weighted by atomic mass is 15.3. The maximum absolute atomic E-state index is 4.31. The molecule has 2 aromatic heterocycles. The van der Waals surface area contributed by atoms with Gasteiger partial charge in [0.15, 0.2) is 5.82 Å². The summed E-state index contributed by atoms with van der Waals surface area (Å²) in [6.07, 6.45) is 13.5. The van der Waals surface area contributed by atoms with Crippen molar-refractivity contribution in [3.05, 3.63) is 30.9 Å². The summed E-state index contributed by atoms with van der Waals surface area (Å²) in [5.74, 6) is 1.66. The van der Waals surface area contributed by atoms with Crippen LogP contribution >= 0.6 is 0 Å². The highest BCUT2D eigenvalue weighted by Crippen LogP contribution is 2.26. The van der Waals surface area contributed by atoms with Crippen molar-refractivity contribution in [1.82, 2.24) is 24.6 Å². The summed E-state index contributed by atoms with van der Waals surface area (Å²) in [6, 6.07) is 5.28. The van der Waals surface area contributed by atoms with Crippen molar-refractivity contribution in [1.29, 1.82) is 0 Å². The number of likely N-dealkylation sites (tertiary alicyclic amines) is 1. The molecule has 1 unspecified atom stereocenters. The molecule has 1 saturated carbocycles. The zero-order valence-electron chi connectivity index (χ0n) is 13.4. The van der Waals surface area contributed by atoms with Crippen molar-refractivity contribution in [2.45, 2.75) is 50.6 Å². The zero-order valence-corrected chi connectivity index (χ0v) is 13.4. The van der Waals surface area contributed by atoms with Crippen molar-refractivity contribution in [2.24, 2.45) is 0 Å². The lowest BCUT2D eigenvalue weighted by Gasteiger charge is -2.31. The lowest BCUT2D eigenvalue weighted by molar-refractivity contribution is 0.190. The van der Waals surface area contributed by atoms with Gasteiger partial charge in [-0.3, -0.25) is 9.47 Å². The first kappa shape index (κ1) is 14.6. The van der Waals surface area contributed by atoms with Crippen LogP contribution in [0.4, 0.5) is 5.82 Å². The molecule has 0 spiro atoms. The second-order valence-corrected chi connectivity index (χ2v) is 6.66. The molecule has 1 saturated heterocycles. The maximum Gasteiger partial charge on any atom is 0.160 e. The van der Waals surface area contributed by atoms with Crippen LogP contribution in [-0.4, -0.2) is 49.8 Å². The molecule has 0 radical (unpaired) electrons. The van der Waals surface area contributed by atoms with Crippen LogP contribution in [0.25, 0.3) is 5.82 Å². The van der Waals surface area contributed by atoms with E-state index in [2.05, 4.69) is 25.4 Å². The molecule has 1 N–H and O–H groups in total. The van der Waals surface area contributed by atoms with Crippen molar-refractivity contribution >= 4 is 5.82 Å². The minimum Gasteiger partial charge on any atom is -0.365 e. The van der Waals surface area contributed by atoms with E-state index in [1.807, 2.05) is 22.9 Å². The van der Waals surface area contributed by atoms with Gasteiger partial charge in [-0.15, -0.1) is 10.2 Å². The summed E-state index contributed by atoms with van der Waals surface area (Å²) in [4.78, 5) is 6.70. The first-order valence-corrected chi connectivity index (χ1v) is 8.71. The van der Waals surface area contributed by atoms with Crippen LogP contribution in [0.3, 0.4) is 0 Å². The van der Waals surface area contributed by atoms with E-state index >= 15 is 0 Å². The van der Waals surface area contributed by atoms with E-state index in [4.69, 9.17) is 0 Å². The van der Waals surface area contributed by atoms with Crippen molar-refractivity contribution in [2.75, 3.05) is 18.4 Å². The van der Waals surface area contributed by atoms with E-state index in [1.165, 1.54) is 45.1 Å². The second-order valence-electron chi connectivity index (χ2n) is 6.66. The summed E-state index contributed by atoms with van der Waals surface area (Å²) < 4.78 is 1.86. The number of nitrogens with one attached hydrogen (secondary N) is 1. The number of anilines is 1. The second kappa shape index (κ2) is 6.66. The number of aromatic nitrogens is 4. The summed E-state index contributed by atoms with van der Waals surface area (Å²) in [5, 5.41) is 12.1. The SMILES string of the molecule is c1cn(-c2ccc(NC3CCN(C4CCCCC4)C3)nn2)cn1. The topological polar surface area (TPSA) is 58.9 Å². The fraction of sp³-hybridized carbons (Fsp3) is 0.588. The molecular weight excluding hydrogens is 288 g/mol. The highest BCUT2D eigenvalue weighted by molar-refractivity contribution is 5.37. The van der Waals surface area contributed by atoms with Gasteiger partial charge in [0, 0.05) is 37.6 Å². The molecule has 23 heavy (non-hydrogen) atoms. The first-order chi connectivity index (χ1) is 11.4. The Hall–Kier alpha value is -1.95. The number of hydrogen-bond donors (Lipinski definition) is 1. The van der Waals surface area contributed by atoms with Crippen LogP contribution in [0, 0.1) is 0 Å². The molecule has 6 nitrogen and oxygen atoms in total. The summed E-state index contributed by atoms with van der Waals surface area (Å²) in [5.41, 5.74) is 0. The molecule has 0 aromatic carbocycles. The van der Waals surface area contributed by atoms with E-state index in [0.29, 0.717) is 6.04 Å². The molecule has 2 fully saturated rings. The molecule has 0 amide bonds. The number of rotatable bonds is 4. The Morgan fingerprint density at radius 3 is 2.70 bits per heavy atom. The molecule has 1 aliphatic heterocycles. The van der Waals surface area contributed by atoms with Crippen LogP contribution < -0.4 is 5.32 Å². The molecular formula is C17H24N6. The van der Waals surface area contributed by atoms with Gasteiger partial charge in [-0.05, 0) is 31.4 Å². The van der Waals surface area contributed by atoms with Crippen molar-refractivity contribution < 1.29 is 0 Å². The lowest BCUT2D eigenvalue weighted by Crippen LogP contribution is -2.36. The highest BCUT2D eigenvalue weighted by Gasteiger charge is 2.29. The van der Waals surface area contributed by atoms with E-state index in [0.717, 1.165) is 24.2 Å². The van der Waals surface area contributed by atoms with Gasteiger partial charge in [0.2, 0.25) is 0 Å². The molecule has 3 heterocycles. The average Bonchev–Trinajstić information content (AvgIpc) is 3.28. The Labute approximate surface area is 136 Å². The molecule has 1 atom stereocenters. The Morgan fingerprint density at radius 1 is 1.04 bits per heavy atom. The molecule has 122 valence electrons. The fourth-order valence-electron chi connectivity index (χ4n) is 3.83. The fourth-order valence-corrected chi connectivity index (χ4v) is 3.83. The van der Waals surface area contributed by atoms with Gasteiger partial charge in [0.05, 0.1) is 0 Å². The Balaban J connectivity index is 1.33. The van der Waals surface area contributed by atoms with E-state index in [-0.39, 0.29) is 0 Å². The van der Waals surface area contributed by atoms with E-state index in [1.54, 1.807) is 12.5 Å². The van der Waals surface area contributed by atoms with Gasteiger partial charge in [-0.25, -0.2) is 4.98 Å². The van der Waals surface area contributed by atoms with Crippen LogP contribution in [0.2, 0.25) is 0 Å². The number of nitrogens with zero attached hydrogens (tertiary/aromatic N) is 5. The van der Waals surface area contributed by atoms with Gasteiger partial charge in [0.1, 0.15) is 12.1 Å². The summed E-state index contributed by atoms with van der Waals surface area (Å²) in [7, 11) is 0. The van der Waals surface area contributed by atoms with E-state index in [9.17, 15) is 0 Å². The Morgan fingerprint density at radius 2 is 1.96 bits per heavy atom. The molecule has 4 rings (SSSR count). The first-order valence-electron chi connectivity index (χ1n) is 8.71. The smallest absolute Gasteiger partial charge is 0.160 e. The predicted molar refractivity (Wildman–Crippen MR) is 89.6 cm³/mol. The predicted octanol–water partition coefficient (Wildman–Crippen LogP) is 2.48. The molecule has 6 heteroatoms. The van der Waals surface area contributed by atoms with Crippen molar-refractivity contribution in [3.8, 4) is 5.82 Å². The Kier molecular flexibility index (Phi) is 4.24. The maximum atomic E-state index is 4.31. The largest absolute Gasteiger partial charge is 0.365 e. The third-order valence-corrected chi connectivity index (χ3v) is 5.08. The van der Waals surface area contributed by atoms with Crippen LogP contribution in [0.5, 0.6) is 0 Å². The molecule has 2 aliphatic rings. The summed E-state index contributed by atoms with van der Waals surface area (Å²) >= 11 is 0. The molecule has 2 aromatic rings. The van der Waals surface area contributed by atoms with E-state index < -0.39 is 0 Å². The molecule has 1 aliphatic carbocycles. The number of imidazole rings is 1. The standard InChI is InChI=1S/C17H24N6/c1-2-4-15(5-3-1)22-10-8-14(12-22)19-16-6-7-17(21-20-16)23-11-9-18-13-23/h6-7,9,11,13-15H,1-5,8,10,12H2,(H,19,20). The third kappa shape index (κ3) is 3.37. The third-order valence-electron chi connectivity index (χ3n) is 5.08. The quantitative estimate of drug-likeness (QED) is 0.940. The van der Waals surface area contributed by atoms with Gasteiger partial charge in [-0.2, -0.15) is 0 Å². The van der Waals surface area contributed by atoms with Crippen LogP contribution in [0.15, 0.2) is 30.9 Å². The monoisotopic (exact) mass is 312 g/mol. The molecule has 0 bridgehead atoms. The average molecular weight is 312 g/mol. The number of hydrogen-bond acceptors (Lipinski definition) is 5. The van der Waals surface area contributed by atoms with Crippen LogP contribution in [-0.2, 0) is 0 Å². The van der Waals surface area contributed by atoms with Gasteiger partial charge in [-0.1, -0.05) is 19.3 Å². The normalized spacial score (nSPS) is 23.2. The minimum atomic E-state index is 0.491. The van der Waals surface area contributed by atoms with Crippen molar-refractivity contribution in [3.63, 3.8) is 0 Å². The van der Waals surface area contributed by atoms with Gasteiger partial charge in [0.25, 0.3) is 0 Å². The zero-order chi connectivity index (χ0) is 15.5. The van der Waals surface area contributed by atoms with Gasteiger partial charge >= 0.3 is 0 Å². The Bertz CT molecular complexity index is 603. The summed E-state index contributed by atoms with van der Waals surface area (Å²) in [6.45, 7) is 2.35. The van der Waals surface area contributed by atoms with Crippen LogP contribution in [0.1, 0.15) is 38.5 Å². The lowest BCUT2D eigenvalue weighted by atomic mass is 9.94. The van der Waals surface area contributed by atoms with Gasteiger partial charge < -0.3 is 5.32 Å².